The fraction of sp³-hybridized carbons (Fsp3) is 0.500. The van der Waals surface area contributed by atoms with Gasteiger partial charge in [0.2, 0.25) is 0 Å². The maximum atomic E-state index is 11.4. The van der Waals surface area contributed by atoms with E-state index < -0.39 is 0 Å². The minimum atomic E-state index is -0.238. The number of nitrogens with zero attached hydrogens (tertiary/aromatic N) is 1. The molecule has 1 aromatic carbocycles. The van der Waals surface area contributed by atoms with Crippen LogP contribution in [0.2, 0.25) is 0 Å². The standard InChI is InChI=1S/C16H23N3O3.HI/c1-11(15(20)21-3)9-18-16(17-2)19-10-13-8-12-6-4-5-7-14(12)22-13;/h4-7,11,13H,8-10H2,1-3H3,(H2,17,18,19);1H. The Hall–Kier alpha value is -1.51. The average Bonchev–Trinajstić information content (AvgIpc) is 2.96. The van der Waals surface area contributed by atoms with Gasteiger partial charge in [-0.05, 0) is 11.6 Å². The molecular formula is C16H24IN3O3. The molecule has 6 nitrogen and oxygen atoms in total. The quantitative estimate of drug-likeness (QED) is 0.320. The number of halogens is 1. The summed E-state index contributed by atoms with van der Waals surface area (Å²) >= 11 is 0. The molecular weight excluding hydrogens is 409 g/mol. The molecule has 0 spiro atoms. The number of hydrogen-bond acceptors (Lipinski definition) is 4. The lowest BCUT2D eigenvalue weighted by Gasteiger charge is -2.17. The Kier molecular flexibility index (Phi) is 8.15. The zero-order chi connectivity index (χ0) is 15.9. The second-order valence-electron chi connectivity index (χ2n) is 5.31. The number of ether oxygens (including phenoxy) is 2. The molecule has 1 aliphatic heterocycles. The molecule has 2 unspecified atom stereocenters. The van der Waals surface area contributed by atoms with E-state index >= 15 is 0 Å². The third-order valence-corrected chi connectivity index (χ3v) is 3.61. The number of rotatable bonds is 5. The molecule has 2 rings (SSSR count). The number of esters is 1. The number of nitrogens with one attached hydrogen (secondary N) is 2. The van der Waals surface area contributed by atoms with Crippen molar-refractivity contribution in [3.63, 3.8) is 0 Å². The predicted molar refractivity (Wildman–Crippen MR) is 101 cm³/mol. The Morgan fingerprint density at radius 1 is 1.43 bits per heavy atom. The lowest BCUT2D eigenvalue weighted by atomic mass is 10.1. The molecule has 2 N–H and O–H groups in total. The predicted octanol–water partition coefficient (Wildman–Crippen LogP) is 1.58. The van der Waals surface area contributed by atoms with E-state index in [0.29, 0.717) is 19.0 Å². The van der Waals surface area contributed by atoms with Crippen LogP contribution in [0.5, 0.6) is 5.75 Å². The smallest absolute Gasteiger partial charge is 0.310 e. The van der Waals surface area contributed by atoms with E-state index in [1.165, 1.54) is 12.7 Å². The van der Waals surface area contributed by atoms with Crippen LogP contribution >= 0.6 is 24.0 Å². The van der Waals surface area contributed by atoms with Crippen LogP contribution in [0.1, 0.15) is 12.5 Å². The van der Waals surface area contributed by atoms with Crippen molar-refractivity contribution in [1.29, 1.82) is 0 Å². The maximum Gasteiger partial charge on any atom is 0.310 e. The number of fused-ring (bicyclic) bond motifs is 1. The zero-order valence-corrected chi connectivity index (χ0v) is 16.0. The third kappa shape index (κ3) is 5.56. The minimum Gasteiger partial charge on any atom is -0.488 e. The molecule has 0 fully saturated rings. The van der Waals surface area contributed by atoms with Crippen molar-refractivity contribution in [1.82, 2.24) is 10.6 Å². The Morgan fingerprint density at radius 2 is 2.17 bits per heavy atom. The summed E-state index contributed by atoms with van der Waals surface area (Å²) in [5.74, 6) is 1.14. The summed E-state index contributed by atoms with van der Waals surface area (Å²) in [6.07, 6.45) is 0.979. The van der Waals surface area contributed by atoms with Gasteiger partial charge in [-0.15, -0.1) is 24.0 Å². The van der Waals surface area contributed by atoms with Crippen LogP contribution in [0.25, 0.3) is 0 Å². The first-order valence-corrected chi connectivity index (χ1v) is 7.41. The molecule has 7 heteroatoms. The molecule has 0 bridgehead atoms. The van der Waals surface area contributed by atoms with Gasteiger partial charge in [-0.2, -0.15) is 0 Å². The van der Waals surface area contributed by atoms with E-state index in [-0.39, 0.29) is 42.0 Å². The Labute approximate surface area is 154 Å². The van der Waals surface area contributed by atoms with Crippen molar-refractivity contribution in [3.05, 3.63) is 29.8 Å². The number of benzene rings is 1. The highest BCUT2D eigenvalue weighted by Crippen LogP contribution is 2.27. The molecule has 0 saturated heterocycles. The van der Waals surface area contributed by atoms with E-state index in [1.807, 2.05) is 25.1 Å². The second kappa shape index (κ2) is 9.59. The monoisotopic (exact) mass is 433 g/mol. The minimum absolute atomic E-state index is 0. The van der Waals surface area contributed by atoms with Gasteiger partial charge in [-0.3, -0.25) is 9.79 Å². The Balaban J connectivity index is 0.00000264. The maximum absolute atomic E-state index is 11.4. The van der Waals surface area contributed by atoms with E-state index in [9.17, 15) is 4.79 Å². The molecule has 1 heterocycles. The summed E-state index contributed by atoms with van der Waals surface area (Å²) in [6, 6.07) is 8.07. The number of carbonyl (C=O) groups excluding carboxylic acids is 1. The van der Waals surface area contributed by atoms with Crippen LogP contribution < -0.4 is 15.4 Å². The molecule has 0 saturated carbocycles. The van der Waals surface area contributed by atoms with Gasteiger partial charge < -0.3 is 20.1 Å². The Bertz CT molecular complexity index is 526. The van der Waals surface area contributed by atoms with Crippen LogP contribution in [0.4, 0.5) is 0 Å². The summed E-state index contributed by atoms with van der Waals surface area (Å²) in [5.41, 5.74) is 1.23. The van der Waals surface area contributed by atoms with Gasteiger partial charge in [0.15, 0.2) is 5.96 Å². The Morgan fingerprint density at radius 3 is 2.83 bits per heavy atom. The fourth-order valence-corrected chi connectivity index (χ4v) is 2.33. The lowest BCUT2D eigenvalue weighted by molar-refractivity contribution is -0.144. The summed E-state index contributed by atoms with van der Waals surface area (Å²) in [5, 5.41) is 6.33. The largest absolute Gasteiger partial charge is 0.488 e. The molecule has 0 amide bonds. The van der Waals surface area contributed by atoms with E-state index in [4.69, 9.17) is 9.47 Å². The molecule has 0 radical (unpaired) electrons. The molecule has 0 aromatic heterocycles. The second-order valence-corrected chi connectivity index (χ2v) is 5.31. The normalized spacial score (nSPS) is 17.3. The third-order valence-electron chi connectivity index (χ3n) is 3.61. The molecule has 0 aliphatic carbocycles. The highest BCUT2D eigenvalue weighted by atomic mass is 127. The van der Waals surface area contributed by atoms with Crippen molar-refractivity contribution in [2.45, 2.75) is 19.4 Å². The van der Waals surface area contributed by atoms with Gasteiger partial charge in [0.25, 0.3) is 0 Å². The zero-order valence-electron chi connectivity index (χ0n) is 13.7. The number of para-hydroxylation sites is 1. The fourth-order valence-electron chi connectivity index (χ4n) is 2.33. The number of hydrogen-bond donors (Lipinski definition) is 2. The molecule has 2 atom stereocenters. The van der Waals surface area contributed by atoms with E-state index in [0.717, 1.165) is 12.2 Å². The van der Waals surface area contributed by atoms with Gasteiger partial charge in [0.1, 0.15) is 11.9 Å². The van der Waals surface area contributed by atoms with Gasteiger partial charge in [-0.1, -0.05) is 25.1 Å². The summed E-state index contributed by atoms with van der Waals surface area (Å²) in [7, 11) is 3.09. The van der Waals surface area contributed by atoms with E-state index in [2.05, 4.69) is 21.7 Å². The average molecular weight is 433 g/mol. The number of guanidine groups is 1. The van der Waals surface area contributed by atoms with Crippen LogP contribution in [0.15, 0.2) is 29.3 Å². The number of carbonyl (C=O) groups is 1. The van der Waals surface area contributed by atoms with Crippen molar-refractivity contribution in [2.75, 3.05) is 27.2 Å². The van der Waals surface area contributed by atoms with Gasteiger partial charge >= 0.3 is 5.97 Å². The summed E-state index contributed by atoms with van der Waals surface area (Å²) in [4.78, 5) is 15.5. The highest BCUT2D eigenvalue weighted by Gasteiger charge is 2.22. The van der Waals surface area contributed by atoms with E-state index in [1.54, 1.807) is 7.05 Å². The molecule has 23 heavy (non-hydrogen) atoms. The van der Waals surface area contributed by atoms with Gasteiger partial charge in [0.05, 0.1) is 19.6 Å². The van der Waals surface area contributed by atoms with Gasteiger partial charge in [-0.25, -0.2) is 0 Å². The molecule has 1 aromatic rings. The van der Waals surface area contributed by atoms with Crippen molar-refractivity contribution in [3.8, 4) is 5.75 Å². The first-order chi connectivity index (χ1) is 10.6. The van der Waals surface area contributed by atoms with Crippen molar-refractivity contribution < 1.29 is 14.3 Å². The first kappa shape index (κ1) is 19.5. The van der Waals surface area contributed by atoms with Crippen molar-refractivity contribution >= 4 is 35.9 Å². The summed E-state index contributed by atoms with van der Waals surface area (Å²) in [6.45, 7) is 2.93. The van der Waals surface area contributed by atoms with Crippen LogP contribution in [0.3, 0.4) is 0 Å². The lowest BCUT2D eigenvalue weighted by Crippen LogP contribution is -2.44. The van der Waals surface area contributed by atoms with Crippen molar-refractivity contribution in [2.24, 2.45) is 10.9 Å². The van der Waals surface area contributed by atoms with Crippen LogP contribution in [-0.4, -0.2) is 45.3 Å². The number of methoxy groups -OCH3 is 1. The topological polar surface area (TPSA) is 72.0 Å². The first-order valence-electron chi connectivity index (χ1n) is 7.41. The SMILES string of the molecule is CN=C(NCC1Cc2ccccc2O1)NCC(C)C(=O)OC.I. The van der Waals surface area contributed by atoms with Crippen LogP contribution in [-0.2, 0) is 16.0 Å². The van der Waals surface area contributed by atoms with Gasteiger partial charge in [0, 0.05) is 20.0 Å². The molecule has 1 aliphatic rings. The molecule has 128 valence electrons. The number of aliphatic imine (C=N–C) groups is 1. The van der Waals surface area contributed by atoms with Crippen LogP contribution in [0, 0.1) is 5.92 Å². The highest BCUT2D eigenvalue weighted by molar-refractivity contribution is 14.0. The summed E-state index contributed by atoms with van der Waals surface area (Å²) < 4.78 is 10.6.